The Morgan fingerprint density at radius 3 is 2.38 bits per heavy atom. The predicted octanol–water partition coefficient (Wildman–Crippen LogP) is 3.66. The molecule has 2 rings (SSSR count). The van der Waals surface area contributed by atoms with Gasteiger partial charge in [-0.1, -0.05) is 0 Å². The summed E-state index contributed by atoms with van der Waals surface area (Å²) in [6.07, 6.45) is -3.79. The average Bonchev–Trinajstić information content (AvgIpc) is 2.41. The molecular formula is C13H8F5NO2. The van der Waals surface area contributed by atoms with Crippen LogP contribution in [0.15, 0.2) is 30.5 Å². The van der Waals surface area contributed by atoms with E-state index in [0.717, 1.165) is 18.3 Å². The van der Waals surface area contributed by atoms with Gasteiger partial charge in [-0.25, -0.2) is 13.8 Å². The van der Waals surface area contributed by atoms with Crippen molar-refractivity contribution in [3.63, 3.8) is 0 Å². The smallest absolute Gasteiger partial charge is 0.419 e. The first-order valence-electron chi connectivity index (χ1n) is 5.61. The van der Waals surface area contributed by atoms with Crippen LogP contribution in [0.4, 0.5) is 22.0 Å². The molecular weight excluding hydrogens is 297 g/mol. The van der Waals surface area contributed by atoms with Gasteiger partial charge in [0.1, 0.15) is 11.6 Å². The number of pyridine rings is 1. The molecule has 112 valence electrons. The summed E-state index contributed by atoms with van der Waals surface area (Å²) >= 11 is 0. The predicted molar refractivity (Wildman–Crippen MR) is 61.6 cm³/mol. The molecule has 0 unspecified atom stereocenters. The van der Waals surface area contributed by atoms with Gasteiger partial charge in [-0.2, -0.15) is 13.2 Å². The van der Waals surface area contributed by atoms with Crippen LogP contribution >= 0.6 is 0 Å². The van der Waals surface area contributed by atoms with Gasteiger partial charge in [-0.3, -0.25) is 0 Å². The second-order valence-electron chi connectivity index (χ2n) is 4.03. The first-order chi connectivity index (χ1) is 9.81. The molecule has 0 aliphatic heterocycles. The number of aliphatic hydroxyl groups excluding tert-OH is 1. The normalized spacial score (nSPS) is 11.5. The Balaban J connectivity index is 2.32. The maximum atomic E-state index is 13.5. The zero-order valence-electron chi connectivity index (χ0n) is 10.3. The minimum atomic E-state index is -4.89. The largest absolute Gasteiger partial charge is 0.436 e. The molecule has 0 atom stereocenters. The molecule has 0 saturated carbocycles. The minimum Gasteiger partial charge on any atom is -0.436 e. The van der Waals surface area contributed by atoms with Crippen molar-refractivity contribution >= 4 is 0 Å². The number of benzene rings is 1. The minimum absolute atomic E-state index is 0.176. The van der Waals surface area contributed by atoms with Gasteiger partial charge in [0.05, 0.1) is 12.2 Å². The average molecular weight is 305 g/mol. The van der Waals surface area contributed by atoms with Gasteiger partial charge in [-0.15, -0.1) is 0 Å². The molecule has 1 aromatic carbocycles. The van der Waals surface area contributed by atoms with Crippen LogP contribution in [0.25, 0.3) is 0 Å². The van der Waals surface area contributed by atoms with Crippen molar-refractivity contribution in [2.24, 2.45) is 0 Å². The van der Waals surface area contributed by atoms with Crippen molar-refractivity contribution in [3.05, 3.63) is 53.2 Å². The van der Waals surface area contributed by atoms with E-state index in [1.807, 2.05) is 0 Å². The lowest BCUT2D eigenvalue weighted by Gasteiger charge is -2.11. The quantitative estimate of drug-likeness (QED) is 0.880. The zero-order chi connectivity index (χ0) is 15.6. The van der Waals surface area contributed by atoms with Crippen molar-refractivity contribution in [2.45, 2.75) is 12.8 Å². The molecule has 0 spiro atoms. The van der Waals surface area contributed by atoms with E-state index in [0.29, 0.717) is 12.1 Å². The second kappa shape index (κ2) is 5.65. The van der Waals surface area contributed by atoms with Crippen LogP contribution < -0.4 is 4.74 Å². The molecule has 1 aromatic heterocycles. The van der Waals surface area contributed by atoms with Crippen molar-refractivity contribution in [1.29, 1.82) is 0 Å². The van der Waals surface area contributed by atoms with Gasteiger partial charge in [0.15, 0.2) is 5.82 Å². The number of ether oxygens (including phenoxy) is 1. The van der Waals surface area contributed by atoms with Crippen LogP contribution in [0.5, 0.6) is 11.6 Å². The summed E-state index contributed by atoms with van der Waals surface area (Å²) in [6.45, 7) is -0.445. The van der Waals surface area contributed by atoms with Crippen LogP contribution in [0.3, 0.4) is 0 Å². The summed E-state index contributed by atoms with van der Waals surface area (Å²) in [7, 11) is 0. The van der Waals surface area contributed by atoms with Crippen LogP contribution in [0.1, 0.15) is 11.1 Å². The van der Waals surface area contributed by atoms with E-state index >= 15 is 0 Å². The molecule has 0 radical (unpaired) electrons. The third-order valence-electron chi connectivity index (χ3n) is 2.50. The molecule has 3 nitrogen and oxygen atoms in total. The highest BCUT2D eigenvalue weighted by atomic mass is 19.4. The Kier molecular flexibility index (Phi) is 4.08. The van der Waals surface area contributed by atoms with E-state index in [2.05, 4.69) is 4.98 Å². The molecule has 0 aliphatic carbocycles. The number of aromatic nitrogens is 1. The summed E-state index contributed by atoms with van der Waals surface area (Å²) in [6, 6.07) is 2.83. The first kappa shape index (κ1) is 15.2. The Morgan fingerprint density at radius 2 is 1.81 bits per heavy atom. The Bertz CT molecular complexity index is 657. The number of rotatable bonds is 3. The molecule has 1 heterocycles. The second-order valence-corrected chi connectivity index (χ2v) is 4.03. The zero-order valence-corrected chi connectivity index (χ0v) is 10.3. The van der Waals surface area contributed by atoms with E-state index in [-0.39, 0.29) is 5.56 Å². The number of halogens is 5. The Hall–Kier alpha value is -2.22. The summed E-state index contributed by atoms with van der Waals surface area (Å²) in [5, 5.41) is 8.78. The third kappa shape index (κ3) is 3.46. The van der Waals surface area contributed by atoms with Crippen molar-refractivity contribution < 1.29 is 31.8 Å². The van der Waals surface area contributed by atoms with Crippen molar-refractivity contribution in [3.8, 4) is 11.6 Å². The van der Waals surface area contributed by atoms with Gasteiger partial charge in [0.25, 0.3) is 5.88 Å². The molecule has 8 heteroatoms. The number of hydrogen-bond donors (Lipinski definition) is 1. The standard InChI is InChI=1S/C13H8F5NO2/c14-10-2-1-8(4-9(10)13(16,17)18)21-12-11(15)3-7(6-20)5-19-12/h1-5,20H,6H2. The number of hydrogen-bond acceptors (Lipinski definition) is 3. The lowest BCUT2D eigenvalue weighted by atomic mass is 10.2. The highest BCUT2D eigenvalue weighted by molar-refractivity contribution is 5.34. The maximum absolute atomic E-state index is 13.5. The fourth-order valence-corrected chi connectivity index (χ4v) is 1.52. The highest BCUT2D eigenvalue weighted by Gasteiger charge is 2.34. The molecule has 21 heavy (non-hydrogen) atoms. The van der Waals surface area contributed by atoms with Crippen LogP contribution in [0.2, 0.25) is 0 Å². The van der Waals surface area contributed by atoms with Crippen LogP contribution in [0, 0.1) is 11.6 Å². The lowest BCUT2D eigenvalue weighted by molar-refractivity contribution is -0.140. The Morgan fingerprint density at radius 1 is 1.10 bits per heavy atom. The fourth-order valence-electron chi connectivity index (χ4n) is 1.52. The molecule has 0 aliphatic rings. The summed E-state index contributed by atoms with van der Waals surface area (Å²) < 4.78 is 69.1. The van der Waals surface area contributed by atoms with E-state index < -0.39 is 41.6 Å². The van der Waals surface area contributed by atoms with E-state index in [4.69, 9.17) is 9.84 Å². The number of alkyl halides is 3. The summed E-state index contributed by atoms with van der Waals surface area (Å²) in [5.74, 6) is -3.41. The fraction of sp³-hybridized carbons (Fsp3) is 0.154. The SMILES string of the molecule is OCc1cnc(Oc2ccc(F)c(C(F)(F)F)c2)c(F)c1. The van der Waals surface area contributed by atoms with Crippen molar-refractivity contribution in [2.75, 3.05) is 0 Å². The summed E-state index contributed by atoms with van der Waals surface area (Å²) in [5.41, 5.74) is -1.35. The number of aliphatic hydroxyl groups is 1. The molecule has 0 saturated heterocycles. The van der Waals surface area contributed by atoms with Gasteiger partial charge in [-0.05, 0) is 29.8 Å². The maximum Gasteiger partial charge on any atom is 0.419 e. The van der Waals surface area contributed by atoms with Gasteiger partial charge >= 0.3 is 6.18 Å². The molecule has 1 N–H and O–H groups in total. The van der Waals surface area contributed by atoms with Crippen LogP contribution in [-0.4, -0.2) is 10.1 Å². The topological polar surface area (TPSA) is 42.4 Å². The third-order valence-corrected chi connectivity index (χ3v) is 2.50. The van der Waals surface area contributed by atoms with Gasteiger partial charge in [0, 0.05) is 6.20 Å². The van der Waals surface area contributed by atoms with Crippen molar-refractivity contribution in [1.82, 2.24) is 4.98 Å². The van der Waals surface area contributed by atoms with Gasteiger partial charge < -0.3 is 9.84 Å². The number of nitrogens with zero attached hydrogens (tertiary/aromatic N) is 1. The molecule has 0 bridgehead atoms. The summed E-state index contributed by atoms with van der Waals surface area (Å²) in [4.78, 5) is 3.53. The molecule has 0 fully saturated rings. The monoisotopic (exact) mass is 305 g/mol. The van der Waals surface area contributed by atoms with E-state index in [1.54, 1.807) is 0 Å². The Labute approximate surface area is 115 Å². The lowest BCUT2D eigenvalue weighted by Crippen LogP contribution is -2.08. The van der Waals surface area contributed by atoms with E-state index in [1.165, 1.54) is 0 Å². The molecule has 0 amide bonds. The highest BCUT2D eigenvalue weighted by Crippen LogP contribution is 2.34. The van der Waals surface area contributed by atoms with Gasteiger partial charge in [0.2, 0.25) is 0 Å². The van der Waals surface area contributed by atoms with Crippen LogP contribution in [-0.2, 0) is 12.8 Å². The van der Waals surface area contributed by atoms with E-state index in [9.17, 15) is 22.0 Å². The first-order valence-corrected chi connectivity index (χ1v) is 5.61. The molecule has 2 aromatic rings.